The van der Waals surface area contributed by atoms with Crippen molar-refractivity contribution in [3.63, 3.8) is 0 Å². The van der Waals surface area contributed by atoms with E-state index < -0.39 is 10.0 Å². The number of rotatable bonds is 9. The van der Waals surface area contributed by atoms with Gasteiger partial charge in [0.1, 0.15) is 0 Å². The van der Waals surface area contributed by atoms with Crippen LogP contribution in [0.25, 0.3) is 0 Å². The fourth-order valence-electron chi connectivity index (χ4n) is 1.89. The number of nitrogens with one attached hydrogen (secondary N) is 2. The number of aromatic nitrogens is 1. The van der Waals surface area contributed by atoms with Crippen LogP contribution in [0.15, 0.2) is 17.2 Å². The zero-order valence-electron chi connectivity index (χ0n) is 13.5. The maximum atomic E-state index is 12.3. The summed E-state index contributed by atoms with van der Waals surface area (Å²) >= 11 is 1.72. The molecule has 1 rings (SSSR count). The van der Waals surface area contributed by atoms with Crippen LogP contribution in [0.2, 0.25) is 0 Å². The number of hydrogen-bond acceptors (Lipinski definition) is 4. The van der Waals surface area contributed by atoms with Gasteiger partial charge in [-0.15, -0.1) is 0 Å². The molecule has 1 aromatic heterocycles. The molecule has 1 heterocycles. The van der Waals surface area contributed by atoms with E-state index in [0.717, 1.165) is 11.4 Å². The Kier molecular flexibility index (Phi) is 7.26. The van der Waals surface area contributed by atoms with Gasteiger partial charge in [0.2, 0.25) is 10.0 Å². The minimum Gasteiger partial charge on any atom is -0.352 e. The predicted molar refractivity (Wildman–Crippen MR) is 90.1 cm³/mol. The third-order valence-corrected chi connectivity index (χ3v) is 5.45. The van der Waals surface area contributed by atoms with Crippen molar-refractivity contribution in [3.05, 3.63) is 18.0 Å². The Morgan fingerprint density at radius 2 is 2.00 bits per heavy atom. The molecule has 0 aliphatic rings. The lowest BCUT2D eigenvalue weighted by Gasteiger charge is -2.10. The first-order chi connectivity index (χ1) is 9.76. The molecule has 0 radical (unpaired) electrons. The number of hydrogen-bond donors (Lipinski definition) is 2. The highest BCUT2D eigenvalue weighted by atomic mass is 32.2. The van der Waals surface area contributed by atoms with Gasteiger partial charge in [-0.3, -0.25) is 0 Å². The molecule has 2 N–H and O–H groups in total. The van der Waals surface area contributed by atoms with Gasteiger partial charge >= 0.3 is 0 Å². The SMILES string of the molecule is CSCC(C)CNS(=O)(=O)c1cc(CNC(C)C)n(C)c1. The van der Waals surface area contributed by atoms with Crippen molar-refractivity contribution in [2.75, 3.05) is 18.6 Å². The maximum Gasteiger partial charge on any atom is 0.242 e. The smallest absolute Gasteiger partial charge is 0.242 e. The third-order valence-electron chi connectivity index (χ3n) is 3.16. The minimum absolute atomic E-state index is 0.320. The first-order valence-corrected chi connectivity index (χ1v) is 10.0. The van der Waals surface area contributed by atoms with Gasteiger partial charge in [0.25, 0.3) is 0 Å². The highest BCUT2D eigenvalue weighted by Gasteiger charge is 2.18. The van der Waals surface area contributed by atoms with E-state index >= 15 is 0 Å². The molecule has 0 bridgehead atoms. The predicted octanol–water partition coefficient (Wildman–Crippen LogP) is 1.80. The Morgan fingerprint density at radius 3 is 2.57 bits per heavy atom. The summed E-state index contributed by atoms with van der Waals surface area (Å²) < 4.78 is 29.1. The van der Waals surface area contributed by atoms with Gasteiger partial charge in [-0.25, -0.2) is 13.1 Å². The van der Waals surface area contributed by atoms with Crippen molar-refractivity contribution in [1.29, 1.82) is 0 Å². The van der Waals surface area contributed by atoms with Crippen molar-refractivity contribution < 1.29 is 8.42 Å². The van der Waals surface area contributed by atoms with E-state index in [1.807, 2.05) is 24.8 Å². The van der Waals surface area contributed by atoms with Crippen LogP contribution < -0.4 is 10.0 Å². The van der Waals surface area contributed by atoms with Crippen LogP contribution in [0.1, 0.15) is 26.5 Å². The van der Waals surface area contributed by atoms with Crippen LogP contribution in [0, 0.1) is 5.92 Å². The molecule has 1 aromatic rings. The Labute approximate surface area is 132 Å². The van der Waals surface area contributed by atoms with E-state index in [1.54, 1.807) is 24.0 Å². The fourth-order valence-corrected chi connectivity index (χ4v) is 3.83. The Bertz CT molecular complexity index is 538. The van der Waals surface area contributed by atoms with Crippen LogP contribution >= 0.6 is 11.8 Å². The number of nitrogens with zero attached hydrogens (tertiary/aromatic N) is 1. The quantitative estimate of drug-likeness (QED) is 0.723. The standard InChI is InChI=1S/C14H27N3O2S2/c1-11(2)15-8-13-6-14(9-17(13)4)21(18,19)16-7-12(3)10-20-5/h6,9,11-12,15-16H,7-8,10H2,1-5H3. The third kappa shape index (κ3) is 6.02. The molecule has 0 amide bonds. The van der Waals surface area contributed by atoms with Crippen molar-refractivity contribution in [2.45, 2.75) is 38.3 Å². The molecule has 0 saturated carbocycles. The topological polar surface area (TPSA) is 63.1 Å². The molecule has 122 valence electrons. The molecule has 0 aromatic carbocycles. The van der Waals surface area contributed by atoms with E-state index in [-0.39, 0.29) is 0 Å². The summed E-state index contributed by atoms with van der Waals surface area (Å²) in [6.45, 7) is 7.30. The van der Waals surface area contributed by atoms with Gasteiger partial charge in [-0.1, -0.05) is 20.8 Å². The van der Waals surface area contributed by atoms with Gasteiger partial charge in [0.15, 0.2) is 0 Å². The lowest BCUT2D eigenvalue weighted by Crippen LogP contribution is -2.29. The lowest BCUT2D eigenvalue weighted by atomic mass is 10.2. The highest BCUT2D eigenvalue weighted by Crippen LogP contribution is 2.14. The Balaban J connectivity index is 2.73. The summed E-state index contributed by atoms with van der Waals surface area (Å²) in [4.78, 5) is 0.335. The van der Waals surface area contributed by atoms with Crippen molar-refractivity contribution >= 4 is 21.8 Å². The van der Waals surface area contributed by atoms with Gasteiger partial charge in [0.05, 0.1) is 4.90 Å². The summed E-state index contributed by atoms with van der Waals surface area (Å²) in [6, 6.07) is 2.10. The molecular weight excluding hydrogens is 306 g/mol. The van der Waals surface area contributed by atoms with Gasteiger partial charge in [-0.2, -0.15) is 11.8 Å². The highest BCUT2D eigenvalue weighted by molar-refractivity contribution is 7.98. The van der Waals surface area contributed by atoms with Crippen LogP contribution in [0.5, 0.6) is 0 Å². The summed E-state index contributed by atoms with van der Waals surface area (Å²) in [6.07, 6.45) is 3.69. The molecule has 7 heteroatoms. The summed E-state index contributed by atoms with van der Waals surface area (Å²) in [7, 11) is -1.55. The van der Waals surface area contributed by atoms with E-state index in [9.17, 15) is 8.42 Å². The normalized spacial score (nSPS) is 13.8. The van der Waals surface area contributed by atoms with Crippen LogP contribution in [-0.4, -0.2) is 37.6 Å². The van der Waals surface area contributed by atoms with Gasteiger partial charge < -0.3 is 9.88 Å². The zero-order valence-corrected chi connectivity index (χ0v) is 15.1. The number of thioether (sulfide) groups is 1. The lowest BCUT2D eigenvalue weighted by molar-refractivity contribution is 0.562. The molecule has 0 aliphatic carbocycles. The summed E-state index contributed by atoms with van der Waals surface area (Å²) in [5.74, 6) is 1.27. The van der Waals surface area contributed by atoms with Crippen molar-refractivity contribution in [1.82, 2.24) is 14.6 Å². The van der Waals surface area contributed by atoms with E-state index in [1.165, 1.54) is 0 Å². The minimum atomic E-state index is -3.42. The van der Waals surface area contributed by atoms with Crippen LogP contribution in [0.3, 0.4) is 0 Å². The summed E-state index contributed by atoms with van der Waals surface area (Å²) in [5.41, 5.74) is 0.959. The van der Waals surface area contributed by atoms with E-state index in [2.05, 4.69) is 23.9 Å². The van der Waals surface area contributed by atoms with Gasteiger partial charge in [-0.05, 0) is 24.0 Å². The van der Waals surface area contributed by atoms with Crippen LogP contribution in [-0.2, 0) is 23.6 Å². The second-order valence-corrected chi connectivity index (χ2v) is 8.40. The average molecular weight is 334 g/mol. The van der Waals surface area contributed by atoms with E-state index in [4.69, 9.17) is 0 Å². The molecule has 0 fully saturated rings. The zero-order chi connectivity index (χ0) is 16.0. The molecular formula is C14H27N3O2S2. The largest absolute Gasteiger partial charge is 0.352 e. The van der Waals surface area contributed by atoms with Crippen molar-refractivity contribution in [2.24, 2.45) is 13.0 Å². The molecule has 5 nitrogen and oxygen atoms in total. The fraction of sp³-hybridized carbons (Fsp3) is 0.714. The van der Waals surface area contributed by atoms with Crippen LogP contribution in [0.4, 0.5) is 0 Å². The molecule has 1 atom stereocenters. The Hall–Kier alpha value is -0.500. The molecule has 0 aliphatic heterocycles. The molecule has 0 spiro atoms. The molecule has 0 saturated heterocycles. The number of sulfonamides is 1. The van der Waals surface area contributed by atoms with Crippen molar-refractivity contribution in [3.8, 4) is 0 Å². The molecule has 21 heavy (non-hydrogen) atoms. The maximum absolute atomic E-state index is 12.3. The first kappa shape index (κ1) is 18.5. The van der Waals surface area contributed by atoms with E-state index in [0.29, 0.717) is 29.9 Å². The van der Waals surface area contributed by atoms with Gasteiger partial charge in [0, 0.05) is 38.1 Å². The monoisotopic (exact) mass is 333 g/mol. The number of aryl methyl sites for hydroxylation is 1. The molecule has 1 unspecified atom stereocenters. The first-order valence-electron chi connectivity index (χ1n) is 7.13. The second-order valence-electron chi connectivity index (χ2n) is 5.73. The Morgan fingerprint density at radius 1 is 1.33 bits per heavy atom. The average Bonchev–Trinajstić information content (AvgIpc) is 2.77. The second kappa shape index (κ2) is 8.22. The summed E-state index contributed by atoms with van der Waals surface area (Å²) in [5, 5.41) is 3.30.